The Morgan fingerprint density at radius 3 is 2.21 bits per heavy atom. The van der Waals surface area contributed by atoms with Gasteiger partial charge in [-0.15, -0.1) is 0 Å². The van der Waals surface area contributed by atoms with Crippen LogP contribution in [-0.4, -0.2) is 6.54 Å². The van der Waals surface area contributed by atoms with Crippen LogP contribution in [0.3, 0.4) is 0 Å². The molecule has 0 fully saturated rings. The van der Waals surface area contributed by atoms with Crippen molar-refractivity contribution in [3.63, 3.8) is 0 Å². The van der Waals surface area contributed by atoms with Crippen LogP contribution in [0.2, 0.25) is 0 Å². The molecule has 0 radical (unpaired) electrons. The predicted octanol–water partition coefficient (Wildman–Crippen LogP) is 3.97. The normalized spacial score (nSPS) is 10.4. The van der Waals surface area contributed by atoms with Gasteiger partial charge in [-0.25, -0.2) is 0 Å². The number of rotatable bonds is 6. The zero-order valence-electron chi connectivity index (χ0n) is 11.5. The largest absolute Gasteiger partial charge is 0.312 e. The number of aryl methyl sites for hydroxylation is 1. The first-order valence-corrected chi connectivity index (χ1v) is 6.75. The summed E-state index contributed by atoms with van der Waals surface area (Å²) in [6.45, 7) is 7.82. The quantitative estimate of drug-likeness (QED) is 0.766. The number of hydrogen-bond donors (Lipinski definition) is 1. The van der Waals surface area contributed by atoms with Crippen molar-refractivity contribution in [2.24, 2.45) is 0 Å². The monoisotopic (exact) mass is 251 g/mol. The molecule has 0 spiro atoms. The Labute approximate surface area is 116 Å². The van der Waals surface area contributed by atoms with E-state index < -0.39 is 0 Å². The lowest BCUT2D eigenvalue weighted by atomic mass is 10.1. The van der Waals surface area contributed by atoms with Crippen LogP contribution in [0.4, 0.5) is 0 Å². The average Bonchev–Trinajstić information content (AvgIpc) is 2.46. The van der Waals surface area contributed by atoms with Crippen molar-refractivity contribution in [2.75, 3.05) is 6.54 Å². The highest BCUT2D eigenvalue weighted by molar-refractivity contribution is 5.47. The molecule has 0 unspecified atom stereocenters. The van der Waals surface area contributed by atoms with Gasteiger partial charge in [0.2, 0.25) is 0 Å². The average molecular weight is 251 g/mol. The van der Waals surface area contributed by atoms with Gasteiger partial charge in [0.25, 0.3) is 0 Å². The van der Waals surface area contributed by atoms with Crippen LogP contribution in [0.1, 0.15) is 22.3 Å². The van der Waals surface area contributed by atoms with Gasteiger partial charge in [-0.2, -0.15) is 0 Å². The summed E-state index contributed by atoms with van der Waals surface area (Å²) in [5, 5.41) is 3.48. The Kier molecular flexibility index (Phi) is 4.93. The van der Waals surface area contributed by atoms with Gasteiger partial charge in [-0.1, -0.05) is 66.7 Å². The summed E-state index contributed by atoms with van der Waals surface area (Å²) in [5.74, 6) is 0. The maximum absolute atomic E-state index is 3.76. The Bertz CT molecular complexity index is 508. The first-order valence-electron chi connectivity index (χ1n) is 6.75. The van der Waals surface area contributed by atoms with Crippen molar-refractivity contribution >= 4 is 6.08 Å². The number of hydrogen-bond acceptors (Lipinski definition) is 1. The van der Waals surface area contributed by atoms with Gasteiger partial charge >= 0.3 is 0 Å². The SMILES string of the molecule is C=Cc1ccc(CCNCc2ccc(C)cc2)cc1. The fraction of sp³-hybridized carbons (Fsp3) is 0.222. The fourth-order valence-corrected chi connectivity index (χ4v) is 1.99. The summed E-state index contributed by atoms with van der Waals surface area (Å²) in [6.07, 6.45) is 2.93. The number of nitrogens with one attached hydrogen (secondary N) is 1. The molecule has 2 rings (SSSR count). The molecule has 2 aromatic carbocycles. The zero-order valence-corrected chi connectivity index (χ0v) is 11.5. The third kappa shape index (κ3) is 4.38. The Hall–Kier alpha value is -1.86. The maximum atomic E-state index is 3.76. The third-order valence-electron chi connectivity index (χ3n) is 3.26. The molecule has 1 N–H and O–H groups in total. The van der Waals surface area contributed by atoms with Crippen molar-refractivity contribution in [1.29, 1.82) is 0 Å². The first-order chi connectivity index (χ1) is 9.28. The van der Waals surface area contributed by atoms with Crippen molar-refractivity contribution in [3.05, 3.63) is 77.4 Å². The Balaban J connectivity index is 1.74. The molecule has 0 saturated carbocycles. The smallest absolute Gasteiger partial charge is 0.0205 e. The first kappa shape index (κ1) is 13.6. The Morgan fingerprint density at radius 2 is 1.58 bits per heavy atom. The topological polar surface area (TPSA) is 12.0 Å². The second kappa shape index (κ2) is 6.91. The fourth-order valence-electron chi connectivity index (χ4n) is 1.99. The summed E-state index contributed by atoms with van der Waals surface area (Å²) < 4.78 is 0. The van der Waals surface area contributed by atoms with E-state index in [4.69, 9.17) is 0 Å². The zero-order chi connectivity index (χ0) is 13.5. The number of benzene rings is 2. The molecular formula is C18H21N. The molecule has 0 bridgehead atoms. The van der Waals surface area contributed by atoms with E-state index in [1.54, 1.807) is 0 Å². The van der Waals surface area contributed by atoms with Crippen molar-refractivity contribution in [2.45, 2.75) is 19.9 Å². The Morgan fingerprint density at radius 1 is 0.947 bits per heavy atom. The van der Waals surface area contributed by atoms with Crippen molar-refractivity contribution in [1.82, 2.24) is 5.32 Å². The molecule has 0 heterocycles. The highest BCUT2D eigenvalue weighted by Crippen LogP contribution is 2.06. The van der Waals surface area contributed by atoms with Gasteiger partial charge in [-0.3, -0.25) is 0 Å². The van der Waals surface area contributed by atoms with E-state index in [0.29, 0.717) is 0 Å². The van der Waals surface area contributed by atoms with E-state index in [2.05, 4.69) is 67.4 Å². The van der Waals surface area contributed by atoms with E-state index in [9.17, 15) is 0 Å². The van der Waals surface area contributed by atoms with Crippen LogP contribution in [0, 0.1) is 6.92 Å². The van der Waals surface area contributed by atoms with Crippen LogP contribution in [0.5, 0.6) is 0 Å². The summed E-state index contributed by atoms with van der Waals surface area (Å²) in [6, 6.07) is 17.2. The molecule has 0 aromatic heterocycles. The van der Waals surface area contributed by atoms with E-state index in [-0.39, 0.29) is 0 Å². The lowest BCUT2D eigenvalue weighted by molar-refractivity contribution is 0.687. The summed E-state index contributed by atoms with van der Waals surface area (Å²) in [4.78, 5) is 0. The molecule has 98 valence electrons. The highest BCUT2D eigenvalue weighted by Gasteiger charge is 1.95. The van der Waals surface area contributed by atoms with Crippen LogP contribution in [0.25, 0.3) is 6.08 Å². The third-order valence-corrected chi connectivity index (χ3v) is 3.26. The van der Waals surface area contributed by atoms with E-state index >= 15 is 0 Å². The van der Waals surface area contributed by atoms with E-state index in [0.717, 1.165) is 19.5 Å². The predicted molar refractivity (Wildman–Crippen MR) is 83.1 cm³/mol. The minimum Gasteiger partial charge on any atom is -0.312 e. The standard InChI is InChI=1S/C18H21N/c1-3-16-8-10-17(11-9-16)12-13-19-14-18-6-4-15(2)5-7-18/h3-11,19H,1,12-14H2,2H3. The molecule has 0 aliphatic carbocycles. The van der Waals surface area contributed by atoms with Crippen molar-refractivity contribution < 1.29 is 0 Å². The molecule has 0 saturated heterocycles. The minimum absolute atomic E-state index is 0.936. The molecule has 2 aromatic rings. The molecule has 0 aliphatic rings. The van der Waals surface area contributed by atoms with Crippen LogP contribution >= 0.6 is 0 Å². The van der Waals surface area contributed by atoms with Gasteiger partial charge in [0.05, 0.1) is 0 Å². The molecule has 0 atom stereocenters. The minimum atomic E-state index is 0.936. The van der Waals surface area contributed by atoms with Crippen LogP contribution < -0.4 is 5.32 Å². The maximum Gasteiger partial charge on any atom is 0.0205 e. The summed E-state index contributed by atoms with van der Waals surface area (Å²) in [7, 11) is 0. The molecule has 0 aliphatic heterocycles. The highest BCUT2D eigenvalue weighted by atomic mass is 14.8. The van der Waals surface area contributed by atoms with Gasteiger partial charge in [-0.05, 0) is 36.6 Å². The van der Waals surface area contributed by atoms with Crippen molar-refractivity contribution in [3.8, 4) is 0 Å². The molecule has 1 nitrogen and oxygen atoms in total. The van der Waals surface area contributed by atoms with Crippen LogP contribution in [-0.2, 0) is 13.0 Å². The van der Waals surface area contributed by atoms with Gasteiger partial charge < -0.3 is 5.32 Å². The lowest BCUT2D eigenvalue weighted by Gasteiger charge is -2.06. The van der Waals surface area contributed by atoms with E-state index in [1.807, 2.05) is 6.08 Å². The molecule has 0 amide bonds. The van der Waals surface area contributed by atoms with Gasteiger partial charge in [0.1, 0.15) is 0 Å². The van der Waals surface area contributed by atoms with E-state index in [1.165, 1.54) is 22.3 Å². The van der Waals surface area contributed by atoms with Crippen LogP contribution in [0.15, 0.2) is 55.1 Å². The molecular weight excluding hydrogens is 230 g/mol. The van der Waals surface area contributed by atoms with Gasteiger partial charge in [0.15, 0.2) is 0 Å². The molecule has 1 heteroatoms. The second-order valence-electron chi connectivity index (χ2n) is 4.86. The molecule has 19 heavy (non-hydrogen) atoms. The summed E-state index contributed by atoms with van der Waals surface area (Å²) in [5.41, 5.74) is 5.19. The van der Waals surface area contributed by atoms with Gasteiger partial charge in [0, 0.05) is 6.54 Å². The lowest BCUT2D eigenvalue weighted by Crippen LogP contribution is -2.16. The second-order valence-corrected chi connectivity index (χ2v) is 4.86. The summed E-state index contributed by atoms with van der Waals surface area (Å²) >= 11 is 0.